The summed E-state index contributed by atoms with van der Waals surface area (Å²) < 4.78 is 5.38. The average molecular weight is 393 g/mol. The predicted octanol–water partition coefficient (Wildman–Crippen LogP) is 2.81. The van der Waals surface area contributed by atoms with Crippen molar-refractivity contribution in [2.45, 2.75) is 31.7 Å². The summed E-state index contributed by atoms with van der Waals surface area (Å²) in [6.07, 6.45) is 2.21. The van der Waals surface area contributed by atoms with E-state index in [0.717, 1.165) is 28.9 Å². The standard InChI is InChI=1S/C22H23N3O4/c1-2-29-17-11-9-16(10-12-17)23-19(26)14-25-20(27)22(24-21(25)28)13-5-7-15-6-3-4-8-18(15)22/h3-4,6,8-12H,2,5,7,13-14H2,1H3,(H,23,26)(H,24,28)/t22-/m1/s1. The number of urea groups is 1. The quantitative estimate of drug-likeness (QED) is 0.765. The number of rotatable bonds is 5. The van der Waals surface area contributed by atoms with Gasteiger partial charge in [-0.2, -0.15) is 0 Å². The minimum Gasteiger partial charge on any atom is -0.494 e. The molecule has 4 amide bonds. The van der Waals surface area contributed by atoms with Gasteiger partial charge in [0.2, 0.25) is 5.91 Å². The highest BCUT2D eigenvalue weighted by atomic mass is 16.5. The van der Waals surface area contributed by atoms with E-state index in [4.69, 9.17) is 4.74 Å². The lowest BCUT2D eigenvalue weighted by Gasteiger charge is -2.33. The first-order chi connectivity index (χ1) is 14.0. The molecule has 2 aliphatic rings. The van der Waals surface area contributed by atoms with E-state index >= 15 is 0 Å². The molecule has 1 spiro atoms. The van der Waals surface area contributed by atoms with Gasteiger partial charge in [-0.15, -0.1) is 0 Å². The fraction of sp³-hybridized carbons (Fsp3) is 0.318. The zero-order chi connectivity index (χ0) is 20.4. The van der Waals surface area contributed by atoms with Crippen LogP contribution in [0, 0.1) is 0 Å². The van der Waals surface area contributed by atoms with Gasteiger partial charge in [-0.1, -0.05) is 24.3 Å². The molecule has 150 valence electrons. The molecule has 0 aromatic heterocycles. The number of fused-ring (bicyclic) bond motifs is 2. The fourth-order valence-corrected chi connectivity index (χ4v) is 4.10. The van der Waals surface area contributed by atoms with Crippen molar-refractivity contribution in [3.8, 4) is 5.75 Å². The summed E-state index contributed by atoms with van der Waals surface area (Å²) in [5, 5.41) is 5.58. The lowest BCUT2D eigenvalue weighted by atomic mass is 9.76. The maximum atomic E-state index is 13.2. The predicted molar refractivity (Wildman–Crippen MR) is 108 cm³/mol. The van der Waals surface area contributed by atoms with Crippen molar-refractivity contribution in [3.63, 3.8) is 0 Å². The van der Waals surface area contributed by atoms with Crippen LogP contribution in [0.2, 0.25) is 0 Å². The van der Waals surface area contributed by atoms with Crippen molar-refractivity contribution in [2.24, 2.45) is 0 Å². The summed E-state index contributed by atoms with van der Waals surface area (Å²) in [4.78, 5) is 39.3. The smallest absolute Gasteiger partial charge is 0.325 e. The zero-order valence-corrected chi connectivity index (χ0v) is 16.2. The van der Waals surface area contributed by atoms with Gasteiger partial charge in [0, 0.05) is 5.69 Å². The van der Waals surface area contributed by atoms with Gasteiger partial charge in [0.05, 0.1) is 6.61 Å². The van der Waals surface area contributed by atoms with Gasteiger partial charge in [-0.3, -0.25) is 14.5 Å². The minimum absolute atomic E-state index is 0.332. The number of benzene rings is 2. The summed E-state index contributed by atoms with van der Waals surface area (Å²) in [5.41, 5.74) is 1.40. The number of imide groups is 1. The Bertz CT molecular complexity index is 957. The Morgan fingerprint density at radius 3 is 2.69 bits per heavy atom. The highest BCUT2D eigenvalue weighted by Crippen LogP contribution is 2.39. The molecule has 1 fully saturated rings. The van der Waals surface area contributed by atoms with Crippen LogP contribution in [0.4, 0.5) is 10.5 Å². The molecular weight excluding hydrogens is 370 g/mol. The first-order valence-corrected chi connectivity index (χ1v) is 9.79. The first kappa shape index (κ1) is 19.0. The van der Waals surface area contributed by atoms with Crippen LogP contribution in [0.1, 0.15) is 30.9 Å². The van der Waals surface area contributed by atoms with Gasteiger partial charge in [0.15, 0.2) is 0 Å². The summed E-state index contributed by atoms with van der Waals surface area (Å²) in [6.45, 7) is 2.12. The van der Waals surface area contributed by atoms with Crippen LogP contribution in [0.15, 0.2) is 48.5 Å². The van der Waals surface area contributed by atoms with E-state index in [1.807, 2.05) is 31.2 Å². The van der Waals surface area contributed by atoms with Crippen LogP contribution in [0.25, 0.3) is 0 Å². The van der Waals surface area contributed by atoms with Crippen molar-refractivity contribution in [1.82, 2.24) is 10.2 Å². The summed E-state index contributed by atoms with van der Waals surface area (Å²) in [5.74, 6) is -0.0900. The van der Waals surface area contributed by atoms with E-state index in [9.17, 15) is 14.4 Å². The molecule has 1 aliphatic carbocycles. The molecule has 0 unspecified atom stereocenters. The number of anilines is 1. The fourth-order valence-electron chi connectivity index (χ4n) is 4.10. The Kier molecular flexibility index (Phi) is 4.96. The van der Waals surface area contributed by atoms with E-state index in [2.05, 4.69) is 10.6 Å². The van der Waals surface area contributed by atoms with Crippen LogP contribution in [0.3, 0.4) is 0 Å². The van der Waals surface area contributed by atoms with Crippen LogP contribution in [-0.2, 0) is 21.5 Å². The highest BCUT2D eigenvalue weighted by Gasteiger charge is 2.54. The molecule has 7 heteroatoms. The maximum Gasteiger partial charge on any atom is 0.325 e. The second kappa shape index (κ2) is 7.58. The molecule has 4 rings (SSSR count). The minimum atomic E-state index is -1.06. The first-order valence-electron chi connectivity index (χ1n) is 9.79. The van der Waals surface area contributed by atoms with E-state index in [-0.39, 0.29) is 12.5 Å². The van der Waals surface area contributed by atoms with Crippen molar-refractivity contribution >= 4 is 23.5 Å². The number of hydrogen-bond acceptors (Lipinski definition) is 4. The molecule has 2 aromatic rings. The van der Waals surface area contributed by atoms with Crippen LogP contribution >= 0.6 is 0 Å². The molecule has 1 saturated heterocycles. The molecule has 0 bridgehead atoms. The molecule has 0 saturated carbocycles. The molecule has 0 radical (unpaired) electrons. The Balaban J connectivity index is 1.48. The van der Waals surface area contributed by atoms with Crippen molar-refractivity contribution in [3.05, 3.63) is 59.7 Å². The molecule has 29 heavy (non-hydrogen) atoms. The SMILES string of the molecule is CCOc1ccc(NC(=O)CN2C(=O)N[C@@]3(CCCc4ccccc43)C2=O)cc1. The van der Waals surface area contributed by atoms with Crippen LogP contribution < -0.4 is 15.4 Å². The van der Waals surface area contributed by atoms with Crippen LogP contribution in [-0.4, -0.2) is 35.9 Å². The molecule has 2 N–H and O–H groups in total. The summed E-state index contributed by atoms with van der Waals surface area (Å²) >= 11 is 0. The number of carbonyl (C=O) groups is 3. The lowest BCUT2D eigenvalue weighted by Crippen LogP contribution is -2.47. The Hall–Kier alpha value is -3.35. The van der Waals surface area contributed by atoms with E-state index in [0.29, 0.717) is 24.5 Å². The molecule has 1 atom stereocenters. The monoisotopic (exact) mass is 393 g/mol. The maximum absolute atomic E-state index is 13.2. The van der Waals surface area contributed by atoms with Gasteiger partial charge in [-0.05, 0) is 61.6 Å². The molecular formula is C22H23N3O4. The third-order valence-electron chi connectivity index (χ3n) is 5.40. The summed E-state index contributed by atoms with van der Waals surface area (Å²) in [7, 11) is 0. The number of amides is 4. The normalized spacial score (nSPS) is 20.4. The zero-order valence-electron chi connectivity index (χ0n) is 16.2. The van der Waals surface area contributed by atoms with E-state index < -0.39 is 17.5 Å². The third-order valence-corrected chi connectivity index (χ3v) is 5.40. The number of nitrogens with one attached hydrogen (secondary N) is 2. The highest BCUT2D eigenvalue weighted by molar-refractivity contribution is 6.10. The van der Waals surface area contributed by atoms with Crippen LogP contribution in [0.5, 0.6) is 5.75 Å². The van der Waals surface area contributed by atoms with Gasteiger partial charge >= 0.3 is 6.03 Å². The van der Waals surface area contributed by atoms with Crippen molar-refractivity contribution < 1.29 is 19.1 Å². The van der Waals surface area contributed by atoms with Gasteiger partial charge in [-0.25, -0.2) is 4.79 Å². The third kappa shape index (κ3) is 3.44. The average Bonchev–Trinajstić information content (AvgIpc) is 2.95. The van der Waals surface area contributed by atoms with Gasteiger partial charge < -0.3 is 15.4 Å². The Morgan fingerprint density at radius 1 is 1.17 bits per heavy atom. The lowest BCUT2D eigenvalue weighted by molar-refractivity contribution is -0.134. The number of ether oxygens (including phenoxy) is 1. The van der Waals surface area contributed by atoms with E-state index in [1.165, 1.54) is 0 Å². The molecule has 1 heterocycles. The number of aryl methyl sites for hydroxylation is 1. The topological polar surface area (TPSA) is 87.7 Å². The second-order valence-electron chi connectivity index (χ2n) is 7.24. The molecule has 2 aromatic carbocycles. The Morgan fingerprint density at radius 2 is 1.93 bits per heavy atom. The number of hydrogen-bond donors (Lipinski definition) is 2. The largest absolute Gasteiger partial charge is 0.494 e. The molecule has 7 nitrogen and oxygen atoms in total. The Labute approximate surface area is 169 Å². The van der Waals surface area contributed by atoms with E-state index in [1.54, 1.807) is 24.3 Å². The van der Waals surface area contributed by atoms with Gasteiger partial charge in [0.1, 0.15) is 17.8 Å². The molecule has 1 aliphatic heterocycles. The second-order valence-corrected chi connectivity index (χ2v) is 7.24. The van der Waals surface area contributed by atoms with Crippen molar-refractivity contribution in [1.29, 1.82) is 0 Å². The summed E-state index contributed by atoms with van der Waals surface area (Å²) in [6, 6.07) is 14.1. The number of carbonyl (C=O) groups excluding carboxylic acids is 3. The van der Waals surface area contributed by atoms with Gasteiger partial charge in [0.25, 0.3) is 5.91 Å². The number of nitrogens with zero attached hydrogens (tertiary/aromatic N) is 1. The van der Waals surface area contributed by atoms with Crippen molar-refractivity contribution in [2.75, 3.05) is 18.5 Å².